The molecule has 0 atom stereocenters. The fourth-order valence-electron chi connectivity index (χ4n) is 1.27. The minimum absolute atomic E-state index is 0.0245. The predicted octanol–water partition coefficient (Wildman–Crippen LogP) is 3.63. The Morgan fingerprint density at radius 2 is 2.05 bits per heavy atom. The normalized spacial score (nSPS) is 12.2. The minimum Gasteiger partial charge on any atom is -0.478 e. The van der Waals surface area contributed by atoms with Crippen LogP contribution >= 0.6 is 22.9 Å². The van der Waals surface area contributed by atoms with Gasteiger partial charge in [-0.15, -0.1) is 0 Å². The average molecular weight is 319 g/mol. The van der Waals surface area contributed by atoms with Crippen molar-refractivity contribution in [3.63, 3.8) is 0 Å². The van der Waals surface area contributed by atoms with E-state index in [1.54, 1.807) is 27.7 Å². The topological polar surface area (TPSA) is 88.5 Å². The van der Waals surface area contributed by atoms with E-state index in [0.29, 0.717) is 0 Å². The van der Waals surface area contributed by atoms with Gasteiger partial charge in [0.1, 0.15) is 15.6 Å². The van der Waals surface area contributed by atoms with Crippen LogP contribution in [0.5, 0.6) is 0 Å². The smallest absolute Gasteiger partial charge is 0.413 e. The van der Waals surface area contributed by atoms with Gasteiger partial charge in [0.05, 0.1) is 5.57 Å². The van der Waals surface area contributed by atoms with Crippen LogP contribution in [0.15, 0.2) is 6.08 Å². The number of halogens is 1. The molecule has 0 fully saturated rings. The fourth-order valence-corrected chi connectivity index (χ4v) is 2.33. The molecule has 6 nitrogen and oxygen atoms in total. The Labute approximate surface area is 125 Å². The number of thiazole rings is 1. The van der Waals surface area contributed by atoms with E-state index in [1.807, 2.05) is 0 Å². The molecule has 0 spiro atoms. The fraction of sp³-hybridized carbons (Fsp3) is 0.417. The number of carboxylic acids is 1. The molecule has 0 saturated carbocycles. The summed E-state index contributed by atoms with van der Waals surface area (Å²) in [5.41, 5.74) is -0.537. The van der Waals surface area contributed by atoms with Crippen LogP contribution in [-0.2, 0) is 9.53 Å². The van der Waals surface area contributed by atoms with Crippen molar-refractivity contribution in [3.8, 4) is 0 Å². The van der Waals surface area contributed by atoms with Gasteiger partial charge in [0.15, 0.2) is 5.13 Å². The van der Waals surface area contributed by atoms with Gasteiger partial charge < -0.3 is 9.84 Å². The van der Waals surface area contributed by atoms with E-state index >= 15 is 0 Å². The number of aliphatic carboxylic acids is 1. The van der Waals surface area contributed by atoms with Crippen LogP contribution in [0, 0.1) is 0 Å². The van der Waals surface area contributed by atoms with Crippen LogP contribution < -0.4 is 5.32 Å². The van der Waals surface area contributed by atoms with Crippen LogP contribution in [0.25, 0.3) is 5.57 Å². The second-order valence-corrected chi connectivity index (χ2v) is 6.38. The molecule has 110 valence electrons. The molecular formula is C12H15ClN2O4S. The molecule has 1 amide bonds. The summed E-state index contributed by atoms with van der Waals surface area (Å²) in [7, 11) is 0. The molecule has 0 unspecified atom stereocenters. The van der Waals surface area contributed by atoms with Gasteiger partial charge in [-0.3, -0.25) is 5.32 Å². The molecule has 0 aliphatic carbocycles. The van der Waals surface area contributed by atoms with Crippen molar-refractivity contribution in [2.45, 2.75) is 33.3 Å². The maximum absolute atomic E-state index is 11.6. The van der Waals surface area contributed by atoms with Gasteiger partial charge in [-0.1, -0.05) is 29.0 Å². The molecule has 0 aromatic carbocycles. The summed E-state index contributed by atoms with van der Waals surface area (Å²) in [5.74, 6) is -1.14. The maximum atomic E-state index is 11.6. The Balaban J connectivity index is 2.91. The quantitative estimate of drug-likeness (QED) is 0.831. The number of ether oxygens (including phenoxy) is 1. The average Bonchev–Trinajstić information content (AvgIpc) is 2.57. The molecular weight excluding hydrogens is 304 g/mol. The predicted molar refractivity (Wildman–Crippen MR) is 78.3 cm³/mol. The number of allylic oxidation sites excluding steroid dienone is 1. The number of aromatic nitrogens is 1. The molecule has 0 bridgehead atoms. The monoisotopic (exact) mass is 318 g/mol. The van der Waals surface area contributed by atoms with Gasteiger partial charge in [0.25, 0.3) is 0 Å². The Morgan fingerprint density at radius 1 is 1.45 bits per heavy atom. The Hall–Kier alpha value is -1.60. The van der Waals surface area contributed by atoms with Crippen LogP contribution in [-0.4, -0.2) is 27.8 Å². The van der Waals surface area contributed by atoms with E-state index in [0.717, 1.165) is 11.3 Å². The third kappa shape index (κ3) is 4.50. The van der Waals surface area contributed by atoms with E-state index in [4.69, 9.17) is 21.4 Å². The van der Waals surface area contributed by atoms with E-state index in [-0.39, 0.29) is 20.7 Å². The lowest BCUT2D eigenvalue weighted by molar-refractivity contribution is -0.130. The standard InChI is InChI=1S/C12H15ClN2O4S/c1-5-6(9(16)17)7-8(13)20-10(14-7)15-11(18)19-12(2,3)4/h5H,1-4H3,(H,16,17)(H,14,15,18). The highest BCUT2D eigenvalue weighted by molar-refractivity contribution is 7.19. The summed E-state index contributed by atoms with van der Waals surface area (Å²) in [6, 6.07) is 0. The maximum Gasteiger partial charge on any atom is 0.413 e. The summed E-state index contributed by atoms with van der Waals surface area (Å²) >= 11 is 6.91. The highest BCUT2D eigenvalue weighted by Gasteiger charge is 2.21. The molecule has 1 aromatic heterocycles. The summed E-state index contributed by atoms with van der Waals surface area (Å²) in [6.07, 6.45) is 0.715. The zero-order chi connectivity index (χ0) is 15.5. The van der Waals surface area contributed by atoms with Crippen molar-refractivity contribution >= 4 is 45.7 Å². The van der Waals surface area contributed by atoms with E-state index in [2.05, 4.69) is 10.3 Å². The lowest BCUT2D eigenvalue weighted by Gasteiger charge is -2.18. The number of hydrogen-bond donors (Lipinski definition) is 2. The number of amides is 1. The molecule has 0 radical (unpaired) electrons. The SMILES string of the molecule is CC=C(C(=O)O)c1nc(NC(=O)OC(C)(C)C)sc1Cl. The second kappa shape index (κ2) is 6.23. The van der Waals surface area contributed by atoms with E-state index < -0.39 is 17.7 Å². The highest BCUT2D eigenvalue weighted by Crippen LogP contribution is 2.32. The van der Waals surface area contributed by atoms with E-state index in [1.165, 1.54) is 6.08 Å². The zero-order valence-electron chi connectivity index (χ0n) is 11.5. The molecule has 20 heavy (non-hydrogen) atoms. The third-order valence-electron chi connectivity index (χ3n) is 1.97. The summed E-state index contributed by atoms with van der Waals surface area (Å²) < 4.78 is 5.25. The highest BCUT2D eigenvalue weighted by atomic mass is 35.5. The molecule has 1 heterocycles. The zero-order valence-corrected chi connectivity index (χ0v) is 13.1. The van der Waals surface area contributed by atoms with Crippen molar-refractivity contribution in [1.29, 1.82) is 0 Å². The second-order valence-electron chi connectivity index (χ2n) is 4.78. The number of anilines is 1. The first-order valence-electron chi connectivity index (χ1n) is 5.70. The summed E-state index contributed by atoms with van der Waals surface area (Å²) in [5, 5.41) is 11.6. The molecule has 1 rings (SSSR count). The number of rotatable bonds is 3. The van der Waals surface area contributed by atoms with E-state index in [9.17, 15) is 9.59 Å². The van der Waals surface area contributed by atoms with Crippen molar-refractivity contribution in [1.82, 2.24) is 4.98 Å². The number of carbonyl (C=O) groups excluding carboxylic acids is 1. The Bertz CT molecular complexity index is 560. The van der Waals surface area contributed by atoms with Crippen LogP contribution in [0.2, 0.25) is 4.34 Å². The largest absolute Gasteiger partial charge is 0.478 e. The van der Waals surface area contributed by atoms with Crippen molar-refractivity contribution in [2.75, 3.05) is 5.32 Å². The van der Waals surface area contributed by atoms with Crippen molar-refractivity contribution in [3.05, 3.63) is 16.1 Å². The molecule has 2 N–H and O–H groups in total. The van der Waals surface area contributed by atoms with Crippen LogP contribution in [0.3, 0.4) is 0 Å². The van der Waals surface area contributed by atoms with Crippen molar-refractivity contribution < 1.29 is 19.4 Å². The van der Waals surface area contributed by atoms with Gasteiger partial charge >= 0.3 is 12.1 Å². The van der Waals surface area contributed by atoms with Gasteiger partial charge in [-0.2, -0.15) is 0 Å². The summed E-state index contributed by atoms with van der Waals surface area (Å²) in [6.45, 7) is 6.76. The molecule has 0 aliphatic rings. The lowest BCUT2D eigenvalue weighted by atomic mass is 10.2. The van der Waals surface area contributed by atoms with Crippen LogP contribution in [0.1, 0.15) is 33.4 Å². The number of nitrogens with zero attached hydrogens (tertiary/aromatic N) is 1. The molecule has 0 aliphatic heterocycles. The summed E-state index contributed by atoms with van der Waals surface area (Å²) in [4.78, 5) is 26.6. The number of hydrogen-bond acceptors (Lipinski definition) is 5. The number of carbonyl (C=O) groups is 2. The first-order valence-corrected chi connectivity index (χ1v) is 6.90. The van der Waals surface area contributed by atoms with Crippen LogP contribution in [0.4, 0.5) is 9.93 Å². The Kier molecular flexibility index (Phi) is 5.13. The third-order valence-corrected chi connectivity index (χ3v) is 3.14. The van der Waals surface area contributed by atoms with Gasteiger partial charge in [-0.05, 0) is 27.7 Å². The lowest BCUT2D eigenvalue weighted by Crippen LogP contribution is -2.27. The first-order chi connectivity index (χ1) is 9.14. The Morgan fingerprint density at radius 3 is 2.50 bits per heavy atom. The van der Waals surface area contributed by atoms with Gasteiger partial charge in [0, 0.05) is 0 Å². The van der Waals surface area contributed by atoms with Crippen molar-refractivity contribution in [2.24, 2.45) is 0 Å². The number of nitrogens with one attached hydrogen (secondary N) is 1. The first kappa shape index (κ1) is 16.5. The molecule has 1 aromatic rings. The minimum atomic E-state index is -1.14. The van der Waals surface area contributed by atoms with Gasteiger partial charge in [-0.25, -0.2) is 14.6 Å². The number of carboxylic acid groups (broad SMARTS) is 1. The molecule has 0 saturated heterocycles. The molecule has 8 heteroatoms. The van der Waals surface area contributed by atoms with Gasteiger partial charge in [0.2, 0.25) is 0 Å².